The van der Waals surface area contributed by atoms with E-state index in [9.17, 15) is 0 Å². The third-order valence-corrected chi connectivity index (χ3v) is 2.58. The summed E-state index contributed by atoms with van der Waals surface area (Å²) in [4.78, 5) is 4.37. The van der Waals surface area contributed by atoms with Gasteiger partial charge in [0.2, 0.25) is 0 Å². The Morgan fingerprint density at radius 1 is 1.54 bits per heavy atom. The zero-order chi connectivity index (χ0) is 9.26. The first-order valence-electron chi connectivity index (χ1n) is 3.92. The van der Waals surface area contributed by atoms with Crippen molar-refractivity contribution in [2.45, 2.75) is 0 Å². The molecule has 0 atom stereocenters. The number of nitrogens with one attached hydrogen (secondary N) is 1. The number of hydrogen-bond acceptors (Lipinski definition) is 4. The average molecular weight is 194 g/mol. The summed E-state index contributed by atoms with van der Waals surface area (Å²) < 4.78 is 1.77. The Balaban J connectivity index is 2.35. The summed E-state index contributed by atoms with van der Waals surface area (Å²) in [5.74, 6) is 0. The van der Waals surface area contributed by atoms with Crippen LogP contribution in [0.5, 0.6) is 0 Å². The predicted octanol–water partition coefficient (Wildman–Crippen LogP) is 1.59. The monoisotopic (exact) mass is 194 g/mol. The molecule has 0 aliphatic carbocycles. The van der Waals surface area contributed by atoms with Crippen molar-refractivity contribution in [2.75, 3.05) is 12.4 Å². The van der Waals surface area contributed by atoms with E-state index < -0.39 is 0 Å². The number of nitrogens with zero attached hydrogens (tertiary/aromatic N) is 3. The van der Waals surface area contributed by atoms with Gasteiger partial charge >= 0.3 is 0 Å². The van der Waals surface area contributed by atoms with Gasteiger partial charge in [0.25, 0.3) is 0 Å². The van der Waals surface area contributed by atoms with E-state index in [-0.39, 0.29) is 0 Å². The van der Waals surface area contributed by atoms with Crippen LogP contribution in [-0.4, -0.2) is 21.8 Å². The summed E-state index contributed by atoms with van der Waals surface area (Å²) in [6.45, 7) is 0. The molecule has 0 bridgehead atoms. The van der Waals surface area contributed by atoms with Gasteiger partial charge in [0, 0.05) is 31.2 Å². The maximum atomic E-state index is 4.37. The molecule has 2 heterocycles. The number of rotatable bonds is 2. The highest BCUT2D eigenvalue weighted by Crippen LogP contribution is 2.23. The van der Waals surface area contributed by atoms with E-state index >= 15 is 0 Å². The maximum absolute atomic E-state index is 4.37. The Bertz CT molecular complexity index is 404. The van der Waals surface area contributed by atoms with Crippen molar-refractivity contribution in [3.63, 3.8) is 0 Å². The van der Waals surface area contributed by atoms with Gasteiger partial charge in [0.15, 0.2) is 5.13 Å². The molecule has 0 saturated carbocycles. The second kappa shape index (κ2) is 3.18. The van der Waals surface area contributed by atoms with Crippen LogP contribution in [-0.2, 0) is 7.05 Å². The first-order valence-corrected chi connectivity index (χ1v) is 4.80. The first-order chi connectivity index (χ1) is 6.29. The van der Waals surface area contributed by atoms with Crippen LogP contribution < -0.4 is 5.32 Å². The number of thiazole rings is 1. The Labute approximate surface area is 80.2 Å². The van der Waals surface area contributed by atoms with E-state index in [1.807, 2.05) is 31.9 Å². The lowest BCUT2D eigenvalue weighted by Gasteiger charge is -1.89. The zero-order valence-electron chi connectivity index (χ0n) is 7.48. The maximum Gasteiger partial charge on any atom is 0.182 e. The lowest BCUT2D eigenvalue weighted by Crippen LogP contribution is -1.85. The zero-order valence-corrected chi connectivity index (χ0v) is 8.30. The molecule has 4 nitrogen and oxygen atoms in total. The molecule has 0 radical (unpaired) electrons. The molecule has 5 heteroatoms. The van der Waals surface area contributed by atoms with Gasteiger partial charge in [-0.25, -0.2) is 4.98 Å². The van der Waals surface area contributed by atoms with Crippen molar-refractivity contribution in [3.05, 3.63) is 17.8 Å². The van der Waals surface area contributed by atoms with Gasteiger partial charge in [-0.05, 0) is 0 Å². The standard InChI is InChI=1S/C8H10N4S/c1-9-8-11-7(5-13-8)6-3-10-12(2)4-6/h3-5H,1-2H3,(H,9,11). The van der Waals surface area contributed by atoms with Crippen molar-refractivity contribution >= 4 is 16.5 Å². The van der Waals surface area contributed by atoms with Crippen LogP contribution >= 0.6 is 11.3 Å². The Morgan fingerprint density at radius 3 is 2.92 bits per heavy atom. The highest BCUT2D eigenvalue weighted by Gasteiger charge is 2.04. The van der Waals surface area contributed by atoms with Gasteiger partial charge in [-0.1, -0.05) is 0 Å². The van der Waals surface area contributed by atoms with Crippen LogP contribution in [0, 0.1) is 0 Å². The number of aromatic nitrogens is 3. The van der Waals surface area contributed by atoms with Crippen LogP contribution in [0.15, 0.2) is 17.8 Å². The first kappa shape index (κ1) is 8.25. The molecule has 0 aromatic carbocycles. The normalized spacial score (nSPS) is 10.3. The second-order valence-electron chi connectivity index (χ2n) is 2.69. The number of anilines is 1. The molecule has 2 aromatic heterocycles. The van der Waals surface area contributed by atoms with Crippen molar-refractivity contribution in [1.82, 2.24) is 14.8 Å². The Hall–Kier alpha value is -1.36. The van der Waals surface area contributed by atoms with Crippen molar-refractivity contribution in [2.24, 2.45) is 7.05 Å². The lowest BCUT2D eigenvalue weighted by atomic mass is 10.3. The van der Waals surface area contributed by atoms with E-state index in [1.54, 1.807) is 16.0 Å². The highest BCUT2D eigenvalue weighted by molar-refractivity contribution is 7.14. The van der Waals surface area contributed by atoms with Gasteiger partial charge in [0.1, 0.15) is 0 Å². The average Bonchev–Trinajstić information content (AvgIpc) is 2.71. The molecule has 13 heavy (non-hydrogen) atoms. The minimum Gasteiger partial charge on any atom is -0.365 e. The van der Waals surface area contributed by atoms with Crippen molar-refractivity contribution in [1.29, 1.82) is 0 Å². The van der Waals surface area contributed by atoms with Crippen LogP contribution in [0.4, 0.5) is 5.13 Å². The fourth-order valence-electron chi connectivity index (χ4n) is 1.07. The van der Waals surface area contributed by atoms with E-state index in [4.69, 9.17) is 0 Å². The van der Waals surface area contributed by atoms with Gasteiger partial charge < -0.3 is 5.32 Å². The number of aryl methyl sites for hydroxylation is 1. The van der Waals surface area contributed by atoms with E-state index in [0.717, 1.165) is 16.4 Å². The van der Waals surface area contributed by atoms with Gasteiger partial charge in [-0.2, -0.15) is 5.10 Å². The molecule has 2 rings (SSSR count). The molecule has 0 aliphatic rings. The molecule has 2 aromatic rings. The summed E-state index contributed by atoms with van der Waals surface area (Å²) in [5, 5.41) is 10.0. The summed E-state index contributed by atoms with van der Waals surface area (Å²) in [7, 11) is 3.76. The minimum absolute atomic E-state index is 0.929. The van der Waals surface area contributed by atoms with Crippen LogP contribution in [0.1, 0.15) is 0 Å². The topological polar surface area (TPSA) is 42.7 Å². The predicted molar refractivity (Wildman–Crippen MR) is 53.9 cm³/mol. The molecular weight excluding hydrogens is 184 g/mol. The SMILES string of the molecule is CNc1nc(-c2cnn(C)c2)cs1. The van der Waals surface area contributed by atoms with E-state index in [0.29, 0.717) is 0 Å². The minimum atomic E-state index is 0.929. The molecular formula is C8H10N4S. The van der Waals surface area contributed by atoms with Gasteiger partial charge in [-0.15, -0.1) is 11.3 Å². The smallest absolute Gasteiger partial charge is 0.182 e. The van der Waals surface area contributed by atoms with Crippen LogP contribution in [0.3, 0.4) is 0 Å². The molecule has 0 amide bonds. The molecule has 0 aliphatic heterocycles. The third kappa shape index (κ3) is 1.55. The summed E-state index contributed by atoms with van der Waals surface area (Å²) >= 11 is 1.59. The molecule has 0 fully saturated rings. The molecule has 1 N–H and O–H groups in total. The van der Waals surface area contributed by atoms with E-state index in [2.05, 4.69) is 15.4 Å². The second-order valence-corrected chi connectivity index (χ2v) is 3.55. The summed E-state index contributed by atoms with van der Waals surface area (Å²) in [6.07, 6.45) is 3.77. The Morgan fingerprint density at radius 2 is 2.38 bits per heavy atom. The summed E-state index contributed by atoms with van der Waals surface area (Å²) in [5.41, 5.74) is 2.03. The lowest BCUT2D eigenvalue weighted by molar-refractivity contribution is 0.768. The summed E-state index contributed by atoms with van der Waals surface area (Å²) in [6, 6.07) is 0. The van der Waals surface area contributed by atoms with Gasteiger partial charge in [0.05, 0.1) is 11.9 Å². The number of hydrogen-bond donors (Lipinski definition) is 1. The molecule has 0 saturated heterocycles. The molecule has 0 spiro atoms. The van der Waals surface area contributed by atoms with Crippen molar-refractivity contribution < 1.29 is 0 Å². The fraction of sp³-hybridized carbons (Fsp3) is 0.250. The van der Waals surface area contributed by atoms with Gasteiger partial charge in [-0.3, -0.25) is 4.68 Å². The Kier molecular flexibility index (Phi) is 2.02. The molecule has 0 unspecified atom stereocenters. The molecule has 68 valence electrons. The fourth-order valence-corrected chi connectivity index (χ4v) is 1.76. The largest absolute Gasteiger partial charge is 0.365 e. The van der Waals surface area contributed by atoms with Crippen LogP contribution in [0.25, 0.3) is 11.3 Å². The highest BCUT2D eigenvalue weighted by atomic mass is 32.1. The van der Waals surface area contributed by atoms with E-state index in [1.165, 1.54) is 0 Å². The van der Waals surface area contributed by atoms with Crippen LogP contribution in [0.2, 0.25) is 0 Å². The third-order valence-electron chi connectivity index (χ3n) is 1.72. The quantitative estimate of drug-likeness (QED) is 0.789. The van der Waals surface area contributed by atoms with Crippen molar-refractivity contribution in [3.8, 4) is 11.3 Å².